The Labute approximate surface area is 157 Å². The first-order valence-corrected chi connectivity index (χ1v) is 11.5. The van der Waals surface area contributed by atoms with Crippen LogP contribution in [0.5, 0.6) is 0 Å². The summed E-state index contributed by atoms with van der Waals surface area (Å²) in [6.45, 7) is 9.21. The molecule has 0 amide bonds. The van der Waals surface area contributed by atoms with E-state index in [9.17, 15) is 4.79 Å². The molecule has 2 nitrogen and oxygen atoms in total. The molecule has 4 saturated carbocycles. The Bertz CT molecular complexity index is 605. The van der Waals surface area contributed by atoms with Crippen LogP contribution in [0.1, 0.15) is 79.1 Å². The molecular weight excluding hydrogens is 328 g/mol. The van der Waals surface area contributed by atoms with E-state index in [-0.39, 0.29) is 17.5 Å². The highest BCUT2D eigenvalue weighted by Gasteiger charge is 2.66. The van der Waals surface area contributed by atoms with Gasteiger partial charge in [-0.1, -0.05) is 13.8 Å². The molecule has 5 fully saturated rings. The van der Waals surface area contributed by atoms with Crippen LogP contribution in [0, 0.1) is 34.5 Å². The normalized spacial score (nSPS) is 59.2. The van der Waals surface area contributed by atoms with Crippen LogP contribution in [0.25, 0.3) is 0 Å². The predicted molar refractivity (Wildman–Crippen MR) is 102 cm³/mol. The van der Waals surface area contributed by atoms with Crippen LogP contribution >= 0.6 is 11.8 Å². The highest BCUT2D eigenvalue weighted by Crippen LogP contribution is 2.73. The Kier molecular flexibility index (Phi) is 3.53. The van der Waals surface area contributed by atoms with Gasteiger partial charge in [-0.3, -0.25) is 4.79 Å². The molecule has 1 aliphatic heterocycles. The number of carbonyl (C=O) groups excluding carboxylic acids is 1. The Morgan fingerprint density at radius 1 is 0.960 bits per heavy atom. The average Bonchev–Trinajstić information content (AvgIpc) is 3.06. The number of rotatable bonds is 1. The van der Waals surface area contributed by atoms with Crippen LogP contribution in [0.15, 0.2) is 0 Å². The van der Waals surface area contributed by atoms with Crippen molar-refractivity contribution in [1.29, 1.82) is 0 Å². The molecule has 0 radical (unpaired) electrons. The molecule has 4 aliphatic carbocycles. The van der Waals surface area contributed by atoms with Crippen molar-refractivity contribution in [2.45, 2.75) is 95.2 Å². The summed E-state index contributed by atoms with van der Waals surface area (Å²) in [5, 5.41) is 0.943. The summed E-state index contributed by atoms with van der Waals surface area (Å²) in [4.78, 5) is 11.6. The lowest BCUT2D eigenvalue weighted by Gasteiger charge is -2.60. The fraction of sp³-hybridized carbons (Fsp3) is 0.955. The van der Waals surface area contributed by atoms with E-state index in [1.165, 1.54) is 44.9 Å². The standard InChI is InChI=1S/C22H34O2S/c1-13(23)24-18-8-7-16-15-6-5-14-11-22(4)19(25-22)12-21(14,3)17(15)9-10-20(16,18)2/h14-19H,5-12H2,1-4H3/t14-,15-,16-,17-,18-,19-,20-,21-,22+/m0/s1. The van der Waals surface area contributed by atoms with E-state index in [2.05, 4.69) is 32.5 Å². The maximum Gasteiger partial charge on any atom is 0.302 e. The molecular formula is C22H34O2S. The van der Waals surface area contributed by atoms with Gasteiger partial charge in [-0.05, 0) is 87.4 Å². The first kappa shape index (κ1) is 17.0. The van der Waals surface area contributed by atoms with Crippen molar-refractivity contribution in [1.82, 2.24) is 0 Å². The highest BCUT2D eigenvalue weighted by atomic mass is 32.2. The van der Waals surface area contributed by atoms with Crippen LogP contribution in [0.3, 0.4) is 0 Å². The van der Waals surface area contributed by atoms with E-state index < -0.39 is 0 Å². The minimum Gasteiger partial charge on any atom is -0.462 e. The van der Waals surface area contributed by atoms with Crippen LogP contribution in [0.2, 0.25) is 0 Å². The molecule has 3 heteroatoms. The third kappa shape index (κ3) is 2.26. The zero-order chi connectivity index (χ0) is 17.6. The van der Waals surface area contributed by atoms with Crippen molar-refractivity contribution >= 4 is 17.7 Å². The first-order valence-electron chi connectivity index (χ1n) is 10.6. The Morgan fingerprint density at radius 3 is 2.48 bits per heavy atom. The fourth-order valence-corrected chi connectivity index (χ4v) is 9.65. The van der Waals surface area contributed by atoms with Gasteiger partial charge in [0.1, 0.15) is 6.10 Å². The average molecular weight is 363 g/mol. The summed E-state index contributed by atoms with van der Waals surface area (Å²) in [6, 6.07) is 0. The number of carbonyl (C=O) groups is 1. The molecule has 0 unspecified atom stereocenters. The summed E-state index contributed by atoms with van der Waals surface area (Å²) in [6.07, 6.45) is 11.0. The van der Waals surface area contributed by atoms with Crippen LogP contribution < -0.4 is 0 Å². The van der Waals surface area contributed by atoms with E-state index in [0.717, 1.165) is 35.3 Å². The zero-order valence-electron chi connectivity index (χ0n) is 16.3. The van der Waals surface area contributed by atoms with Crippen molar-refractivity contribution in [2.75, 3.05) is 0 Å². The zero-order valence-corrected chi connectivity index (χ0v) is 17.2. The largest absolute Gasteiger partial charge is 0.462 e. The van der Waals surface area contributed by atoms with Gasteiger partial charge in [0.15, 0.2) is 0 Å². The molecule has 0 N–H and O–H groups in total. The Hall–Kier alpha value is -0.180. The lowest BCUT2D eigenvalue weighted by molar-refractivity contribution is -0.161. The third-order valence-corrected chi connectivity index (χ3v) is 11.3. The van der Waals surface area contributed by atoms with Crippen molar-refractivity contribution in [3.8, 4) is 0 Å². The lowest BCUT2D eigenvalue weighted by Crippen LogP contribution is -2.55. The molecule has 25 heavy (non-hydrogen) atoms. The van der Waals surface area contributed by atoms with Gasteiger partial charge in [0.05, 0.1) is 0 Å². The van der Waals surface area contributed by atoms with E-state index >= 15 is 0 Å². The van der Waals surface area contributed by atoms with Gasteiger partial charge in [0.2, 0.25) is 0 Å². The van der Waals surface area contributed by atoms with E-state index in [1.807, 2.05) is 0 Å². The number of thioether (sulfide) groups is 1. The van der Waals surface area contributed by atoms with Gasteiger partial charge in [-0.25, -0.2) is 0 Å². The maximum absolute atomic E-state index is 11.6. The molecule has 5 rings (SSSR count). The third-order valence-electron chi connectivity index (χ3n) is 9.60. The minimum atomic E-state index is -0.0815. The van der Waals surface area contributed by atoms with Crippen LogP contribution in [-0.2, 0) is 9.53 Å². The summed E-state index contributed by atoms with van der Waals surface area (Å²) in [5.41, 5.74) is 0.824. The number of esters is 1. The Morgan fingerprint density at radius 2 is 1.72 bits per heavy atom. The van der Waals surface area contributed by atoms with E-state index in [4.69, 9.17) is 4.74 Å². The van der Waals surface area contributed by atoms with Crippen molar-refractivity contribution < 1.29 is 9.53 Å². The van der Waals surface area contributed by atoms with Crippen LogP contribution in [0.4, 0.5) is 0 Å². The minimum absolute atomic E-state index is 0.0815. The quantitative estimate of drug-likeness (QED) is 0.458. The topological polar surface area (TPSA) is 26.3 Å². The van der Waals surface area contributed by atoms with E-state index in [1.54, 1.807) is 6.92 Å². The van der Waals surface area contributed by atoms with Crippen molar-refractivity contribution in [3.63, 3.8) is 0 Å². The van der Waals surface area contributed by atoms with Gasteiger partial charge >= 0.3 is 5.97 Å². The second-order valence-corrected chi connectivity index (χ2v) is 12.4. The van der Waals surface area contributed by atoms with Gasteiger partial charge in [0, 0.05) is 22.3 Å². The van der Waals surface area contributed by atoms with Gasteiger partial charge in [0.25, 0.3) is 0 Å². The van der Waals surface area contributed by atoms with E-state index in [0.29, 0.717) is 10.2 Å². The number of hydrogen-bond donors (Lipinski definition) is 0. The summed E-state index contributed by atoms with van der Waals surface area (Å²) >= 11 is 2.27. The maximum atomic E-state index is 11.6. The molecule has 140 valence electrons. The van der Waals surface area contributed by atoms with Gasteiger partial charge in [-0.15, -0.1) is 11.8 Å². The smallest absolute Gasteiger partial charge is 0.302 e. The molecule has 1 heterocycles. The van der Waals surface area contributed by atoms with Gasteiger partial charge in [-0.2, -0.15) is 0 Å². The summed E-state index contributed by atoms with van der Waals surface area (Å²) in [5.74, 6) is 3.47. The fourth-order valence-electron chi connectivity index (χ4n) is 8.15. The Balaban J connectivity index is 1.41. The molecule has 1 saturated heterocycles. The number of ether oxygens (including phenoxy) is 1. The molecule has 0 aromatic heterocycles. The van der Waals surface area contributed by atoms with Crippen LogP contribution in [-0.4, -0.2) is 22.1 Å². The summed E-state index contributed by atoms with van der Waals surface area (Å²) < 4.78 is 6.42. The predicted octanol–water partition coefficient (Wildman–Crippen LogP) is 5.44. The molecule has 0 aromatic rings. The monoisotopic (exact) mass is 362 g/mol. The first-order chi connectivity index (χ1) is 11.8. The second-order valence-electron chi connectivity index (χ2n) is 10.7. The second kappa shape index (κ2) is 5.20. The molecule has 0 aromatic carbocycles. The van der Waals surface area contributed by atoms with Crippen molar-refractivity contribution in [2.24, 2.45) is 34.5 Å². The SMILES string of the molecule is CC(=O)O[C@H]1CC[C@H]2[C@@H]3CC[C@H]4C[C@@]5(C)S[C@H]5C[C@]4(C)[C@H]3CC[C@]12C. The lowest BCUT2D eigenvalue weighted by atomic mass is 9.44. The molecule has 9 atom stereocenters. The highest BCUT2D eigenvalue weighted by molar-refractivity contribution is 8.08. The number of fused-ring (bicyclic) bond motifs is 6. The van der Waals surface area contributed by atoms with Crippen molar-refractivity contribution in [3.05, 3.63) is 0 Å². The molecule has 0 bridgehead atoms. The number of hydrogen-bond acceptors (Lipinski definition) is 3. The molecule has 5 aliphatic rings. The summed E-state index contributed by atoms with van der Waals surface area (Å²) in [7, 11) is 0. The molecule has 0 spiro atoms. The van der Waals surface area contributed by atoms with Gasteiger partial charge < -0.3 is 4.74 Å².